The van der Waals surface area contributed by atoms with Crippen LogP contribution in [-0.4, -0.2) is 54.4 Å². The SMILES string of the molecule is CNc1ncccc1C(=O)N1C[C@@H]2CN(C)[C@@H](c3ccccc3C)[C@@H]2C1.Cl.Cl. The van der Waals surface area contributed by atoms with Crippen LogP contribution in [0, 0.1) is 18.8 Å². The number of hydrogen-bond acceptors (Lipinski definition) is 4. The van der Waals surface area contributed by atoms with Gasteiger partial charge in [-0.2, -0.15) is 0 Å². The fourth-order valence-electron chi connectivity index (χ4n) is 4.76. The number of fused-ring (bicyclic) bond motifs is 1. The van der Waals surface area contributed by atoms with Gasteiger partial charge in [0.1, 0.15) is 5.82 Å². The van der Waals surface area contributed by atoms with Crippen LogP contribution in [0.1, 0.15) is 27.5 Å². The van der Waals surface area contributed by atoms with E-state index in [2.05, 4.69) is 53.4 Å². The molecular weight excluding hydrogens is 395 g/mol. The molecule has 1 amide bonds. The van der Waals surface area contributed by atoms with Gasteiger partial charge in [-0.15, -0.1) is 24.8 Å². The van der Waals surface area contributed by atoms with Crippen molar-refractivity contribution in [3.63, 3.8) is 0 Å². The molecule has 2 aliphatic rings. The van der Waals surface area contributed by atoms with Crippen LogP contribution in [0.5, 0.6) is 0 Å². The number of anilines is 1. The Balaban J connectivity index is 0.00000140. The summed E-state index contributed by atoms with van der Waals surface area (Å²) in [5.74, 6) is 1.76. The van der Waals surface area contributed by atoms with Crippen molar-refractivity contribution < 1.29 is 4.79 Å². The lowest BCUT2D eigenvalue weighted by Gasteiger charge is -2.28. The third kappa shape index (κ3) is 3.84. The van der Waals surface area contributed by atoms with Gasteiger partial charge >= 0.3 is 0 Å². The minimum absolute atomic E-state index is 0. The van der Waals surface area contributed by atoms with Gasteiger partial charge < -0.3 is 10.2 Å². The molecule has 0 aliphatic carbocycles. The van der Waals surface area contributed by atoms with Gasteiger partial charge in [0.05, 0.1) is 5.56 Å². The highest BCUT2D eigenvalue weighted by Gasteiger charge is 2.47. The number of hydrogen-bond donors (Lipinski definition) is 1. The number of rotatable bonds is 3. The Morgan fingerprint density at radius 1 is 1.11 bits per heavy atom. The monoisotopic (exact) mass is 422 g/mol. The minimum atomic E-state index is 0. The molecule has 2 saturated heterocycles. The Morgan fingerprint density at radius 3 is 2.57 bits per heavy atom. The van der Waals surface area contributed by atoms with Crippen LogP contribution in [-0.2, 0) is 0 Å². The molecule has 1 aromatic heterocycles. The molecule has 3 heterocycles. The number of pyridine rings is 1. The maximum Gasteiger partial charge on any atom is 0.257 e. The van der Waals surface area contributed by atoms with Gasteiger partial charge in [-0.3, -0.25) is 9.69 Å². The maximum atomic E-state index is 13.1. The van der Waals surface area contributed by atoms with Crippen LogP contribution in [0.15, 0.2) is 42.6 Å². The highest BCUT2D eigenvalue weighted by molar-refractivity contribution is 5.98. The third-order valence-corrected chi connectivity index (χ3v) is 5.96. The Hall–Kier alpha value is -1.82. The molecule has 0 radical (unpaired) electrons. The molecule has 0 unspecified atom stereocenters. The Morgan fingerprint density at radius 2 is 1.86 bits per heavy atom. The summed E-state index contributed by atoms with van der Waals surface area (Å²) in [5, 5.41) is 3.03. The molecule has 2 fully saturated rings. The first-order valence-corrected chi connectivity index (χ1v) is 9.28. The number of carbonyl (C=O) groups is 1. The predicted octanol–water partition coefficient (Wildman–Crippen LogP) is 3.65. The summed E-state index contributed by atoms with van der Waals surface area (Å²) in [6, 6.07) is 12.7. The molecule has 0 spiro atoms. The molecule has 0 bridgehead atoms. The van der Waals surface area contributed by atoms with Gasteiger partial charge in [0, 0.05) is 44.8 Å². The lowest BCUT2D eigenvalue weighted by atomic mass is 9.88. The summed E-state index contributed by atoms with van der Waals surface area (Å²) in [5.41, 5.74) is 3.39. The molecule has 1 N–H and O–H groups in total. The first-order valence-electron chi connectivity index (χ1n) is 9.28. The second-order valence-electron chi connectivity index (χ2n) is 7.52. The van der Waals surface area contributed by atoms with E-state index in [0.29, 0.717) is 29.3 Å². The summed E-state index contributed by atoms with van der Waals surface area (Å²) < 4.78 is 0. The summed E-state index contributed by atoms with van der Waals surface area (Å²) in [4.78, 5) is 21.8. The zero-order chi connectivity index (χ0) is 18.3. The standard InChI is InChI=1S/C21H26N4O.2ClH/c1-14-7-4-5-8-16(14)19-18-13-25(12-15(18)11-24(19)3)21(26)17-9-6-10-23-20(17)22-2;;/h4-10,15,18-19H,11-13H2,1-3H3,(H,22,23);2*1H/t15-,18+,19-;;/m0../s1. The molecule has 28 heavy (non-hydrogen) atoms. The van der Waals surface area contributed by atoms with E-state index in [4.69, 9.17) is 0 Å². The molecule has 0 saturated carbocycles. The molecule has 3 atom stereocenters. The fraction of sp³-hybridized carbons (Fsp3) is 0.429. The van der Waals surface area contributed by atoms with Crippen LogP contribution in [0.2, 0.25) is 0 Å². The number of aromatic nitrogens is 1. The van der Waals surface area contributed by atoms with Gasteiger partial charge in [-0.05, 0) is 43.1 Å². The number of halogens is 2. The van der Waals surface area contributed by atoms with Crippen molar-refractivity contribution in [3.05, 3.63) is 59.3 Å². The van der Waals surface area contributed by atoms with E-state index in [1.165, 1.54) is 11.1 Å². The average molecular weight is 423 g/mol. The normalized spacial score (nSPS) is 23.5. The molecule has 2 aliphatic heterocycles. The molecule has 2 aromatic rings. The lowest BCUT2D eigenvalue weighted by Crippen LogP contribution is -2.34. The number of nitrogens with zero attached hydrogens (tertiary/aromatic N) is 3. The number of nitrogens with one attached hydrogen (secondary N) is 1. The Labute approximate surface area is 179 Å². The lowest BCUT2D eigenvalue weighted by molar-refractivity contribution is 0.0768. The van der Waals surface area contributed by atoms with Crippen molar-refractivity contribution in [1.82, 2.24) is 14.8 Å². The number of benzene rings is 1. The number of aryl methyl sites for hydroxylation is 1. The van der Waals surface area contributed by atoms with Crippen molar-refractivity contribution in [2.24, 2.45) is 11.8 Å². The van der Waals surface area contributed by atoms with Gasteiger partial charge in [-0.1, -0.05) is 24.3 Å². The number of likely N-dealkylation sites (tertiary alicyclic amines) is 2. The predicted molar refractivity (Wildman–Crippen MR) is 118 cm³/mol. The van der Waals surface area contributed by atoms with E-state index >= 15 is 0 Å². The largest absolute Gasteiger partial charge is 0.372 e. The summed E-state index contributed by atoms with van der Waals surface area (Å²) in [6.07, 6.45) is 1.71. The van der Waals surface area contributed by atoms with E-state index in [-0.39, 0.29) is 30.7 Å². The minimum Gasteiger partial charge on any atom is -0.372 e. The highest BCUT2D eigenvalue weighted by Crippen LogP contribution is 2.45. The van der Waals surface area contributed by atoms with E-state index in [9.17, 15) is 4.79 Å². The molecule has 152 valence electrons. The fourth-order valence-corrected chi connectivity index (χ4v) is 4.76. The number of carbonyl (C=O) groups excluding carboxylic acids is 1. The zero-order valence-corrected chi connectivity index (χ0v) is 18.1. The quantitative estimate of drug-likeness (QED) is 0.819. The van der Waals surface area contributed by atoms with Crippen LogP contribution >= 0.6 is 24.8 Å². The van der Waals surface area contributed by atoms with E-state index in [1.807, 2.05) is 17.0 Å². The van der Waals surface area contributed by atoms with Gasteiger partial charge in [0.15, 0.2) is 0 Å². The van der Waals surface area contributed by atoms with Crippen molar-refractivity contribution in [2.45, 2.75) is 13.0 Å². The van der Waals surface area contributed by atoms with Crippen molar-refractivity contribution in [3.8, 4) is 0 Å². The molecule has 5 nitrogen and oxygen atoms in total. The summed E-state index contributed by atoms with van der Waals surface area (Å²) >= 11 is 0. The second kappa shape index (κ2) is 9.12. The van der Waals surface area contributed by atoms with Crippen LogP contribution in [0.4, 0.5) is 5.82 Å². The first kappa shape index (κ1) is 22.5. The number of amides is 1. The van der Waals surface area contributed by atoms with E-state index in [0.717, 1.165) is 19.6 Å². The molecular formula is C21H28Cl2N4O. The van der Waals surface area contributed by atoms with Crippen LogP contribution in [0.25, 0.3) is 0 Å². The van der Waals surface area contributed by atoms with E-state index < -0.39 is 0 Å². The smallest absolute Gasteiger partial charge is 0.257 e. The van der Waals surface area contributed by atoms with Crippen molar-refractivity contribution >= 4 is 36.5 Å². The third-order valence-electron chi connectivity index (χ3n) is 5.96. The first-order chi connectivity index (χ1) is 12.6. The Bertz CT molecular complexity index is 832. The van der Waals surface area contributed by atoms with Gasteiger partial charge in [-0.25, -0.2) is 4.98 Å². The van der Waals surface area contributed by atoms with E-state index in [1.54, 1.807) is 13.2 Å². The second-order valence-corrected chi connectivity index (χ2v) is 7.52. The van der Waals surface area contributed by atoms with Crippen molar-refractivity contribution in [2.75, 3.05) is 39.0 Å². The zero-order valence-electron chi connectivity index (χ0n) is 16.5. The Kier molecular flexibility index (Phi) is 7.32. The van der Waals surface area contributed by atoms with Crippen molar-refractivity contribution in [1.29, 1.82) is 0 Å². The van der Waals surface area contributed by atoms with Crippen LogP contribution < -0.4 is 5.32 Å². The van der Waals surface area contributed by atoms with Gasteiger partial charge in [0.2, 0.25) is 0 Å². The molecule has 7 heteroatoms. The highest BCUT2D eigenvalue weighted by atomic mass is 35.5. The van der Waals surface area contributed by atoms with Crippen LogP contribution in [0.3, 0.4) is 0 Å². The molecule has 4 rings (SSSR count). The topological polar surface area (TPSA) is 48.5 Å². The summed E-state index contributed by atoms with van der Waals surface area (Å²) in [6.45, 7) is 4.86. The molecule has 1 aromatic carbocycles. The summed E-state index contributed by atoms with van der Waals surface area (Å²) in [7, 11) is 4.02. The average Bonchev–Trinajstić information content (AvgIpc) is 3.18. The van der Waals surface area contributed by atoms with Gasteiger partial charge in [0.25, 0.3) is 5.91 Å². The maximum absolute atomic E-state index is 13.1.